The van der Waals surface area contributed by atoms with E-state index in [1.165, 1.54) is 0 Å². The van der Waals surface area contributed by atoms with Gasteiger partial charge in [-0.2, -0.15) is 4.98 Å². The van der Waals surface area contributed by atoms with E-state index in [1.54, 1.807) is 11.1 Å². The molecule has 7 heteroatoms. The zero-order chi connectivity index (χ0) is 15.5. The highest BCUT2D eigenvalue weighted by atomic mass is 16.5. The molecule has 0 aliphatic carbocycles. The van der Waals surface area contributed by atoms with E-state index >= 15 is 0 Å². The summed E-state index contributed by atoms with van der Waals surface area (Å²) in [7, 11) is 0. The molecule has 22 heavy (non-hydrogen) atoms. The molecule has 2 amide bonds. The Morgan fingerprint density at radius 2 is 2.32 bits per heavy atom. The molecule has 2 aromatic rings. The first-order valence-corrected chi connectivity index (χ1v) is 7.44. The second-order valence-corrected chi connectivity index (χ2v) is 5.71. The summed E-state index contributed by atoms with van der Waals surface area (Å²) in [5, 5.41) is 6.95. The maximum Gasteiger partial charge on any atom is 0.317 e. The van der Waals surface area contributed by atoms with Crippen molar-refractivity contribution in [2.24, 2.45) is 0 Å². The van der Waals surface area contributed by atoms with E-state index in [9.17, 15) is 4.79 Å². The molecule has 1 unspecified atom stereocenters. The number of nitrogens with one attached hydrogen (secondary N) is 1. The Morgan fingerprint density at radius 3 is 3.05 bits per heavy atom. The van der Waals surface area contributed by atoms with Crippen LogP contribution in [-0.4, -0.2) is 45.2 Å². The average molecular weight is 301 g/mol. The van der Waals surface area contributed by atoms with Gasteiger partial charge in [-0.3, -0.25) is 4.98 Å². The van der Waals surface area contributed by atoms with E-state index in [0.717, 1.165) is 6.42 Å². The van der Waals surface area contributed by atoms with Gasteiger partial charge in [0.2, 0.25) is 0 Å². The number of urea groups is 1. The SMILES string of the molecule is CC(C)NC(=O)N1CCC(c2noc(-c3ccccn3)n2)C1. The monoisotopic (exact) mass is 301 g/mol. The summed E-state index contributed by atoms with van der Waals surface area (Å²) >= 11 is 0. The van der Waals surface area contributed by atoms with Gasteiger partial charge in [0.05, 0.1) is 0 Å². The zero-order valence-corrected chi connectivity index (χ0v) is 12.7. The Kier molecular flexibility index (Phi) is 4.04. The van der Waals surface area contributed by atoms with Crippen molar-refractivity contribution in [3.63, 3.8) is 0 Å². The third kappa shape index (κ3) is 3.08. The first-order valence-electron chi connectivity index (χ1n) is 7.44. The molecule has 3 heterocycles. The molecule has 0 saturated carbocycles. The number of carbonyl (C=O) groups excluding carboxylic acids is 1. The fourth-order valence-corrected chi connectivity index (χ4v) is 2.49. The van der Waals surface area contributed by atoms with E-state index in [4.69, 9.17) is 4.52 Å². The molecule has 1 aliphatic heterocycles. The van der Waals surface area contributed by atoms with Crippen LogP contribution >= 0.6 is 0 Å². The van der Waals surface area contributed by atoms with E-state index in [0.29, 0.717) is 30.5 Å². The van der Waals surface area contributed by atoms with Crippen LogP contribution in [0.3, 0.4) is 0 Å². The van der Waals surface area contributed by atoms with Crippen molar-refractivity contribution in [2.45, 2.75) is 32.2 Å². The number of pyridine rings is 1. The molecule has 2 aromatic heterocycles. The number of hydrogen-bond donors (Lipinski definition) is 1. The second kappa shape index (κ2) is 6.13. The number of likely N-dealkylation sites (tertiary alicyclic amines) is 1. The first-order chi connectivity index (χ1) is 10.6. The molecule has 1 aliphatic rings. The fraction of sp³-hybridized carbons (Fsp3) is 0.467. The summed E-state index contributed by atoms with van der Waals surface area (Å²) in [6, 6.07) is 5.63. The van der Waals surface area contributed by atoms with Gasteiger partial charge in [-0.25, -0.2) is 4.79 Å². The Morgan fingerprint density at radius 1 is 1.45 bits per heavy atom. The minimum Gasteiger partial charge on any atom is -0.336 e. The lowest BCUT2D eigenvalue weighted by molar-refractivity contribution is 0.205. The van der Waals surface area contributed by atoms with Crippen LogP contribution < -0.4 is 5.32 Å². The Hall–Kier alpha value is -2.44. The highest BCUT2D eigenvalue weighted by molar-refractivity contribution is 5.74. The number of nitrogens with zero attached hydrogens (tertiary/aromatic N) is 4. The van der Waals surface area contributed by atoms with Crippen LogP contribution in [0.15, 0.2) is 28.9 Å². The van der Waals surface area contributed by atoms with E-state index in [2.05, 4.69) is 20.4 Å². The fourth-order valence-electron chi connectivity index (χ4n) is 2.49. The molecule has 7 nitrogen and oxygen atoms in total. The van der Waals surface area contributed by atoms with Crippen LogP contribution in [0, 0.1) is 0 Å². The quantitative estimate of drug-likeness (QED) is 0.937. The van der Waals surface area contributed by atoms with Gasteiger partial charge < -0.3 is 14.7 Å². The van der Waals surface area contributed by atoms with Crippen molar-refractivity contribution in [1.29, 1.82) is 0 Å². The summed E-state index contributed by atoms with van der Waals surface area (Å²) in [6.07, 6.45) is 2.53. The predicted octanol–water partition coefficient (Wildman–Crippen LogP) is 2.04. The van der Waals surface area contributed by atoms with E-state index in [-0.39, 0.29) is 18.0 Å². The maximum absolute atomic E-state index is 12.0. The van der Waals surface area contributed by atoms with Crippen molar-refractivity contribution in [1.82, 2.24) is 25.3 Å². The normalized spacial score (nSPS) is 18.0. The van der Waals surface area contributed by atoms with Crippen LogP contribution in [-0.2, 0) is 0 Å². The molecule has 0 radical (unpaired) electrons. The lowest BCUT2D eigenvalue weighted by Crippen LogP contribution is -2.41. The second-order valence-electron chi connectivity index (χ2n) is 5.71. The van der Waals surface area contributed by atoms with Gasteiger partial charge >= 0.3 is 6.03 Å². The third-order valence-electron chi connectivity index (χ3n) is 3.58. The number of hydrogen-bond acceptors (Lipinski definition) is 5. The molecule has 0 bridgehead atoms. The van der Waals surface area contributed by atoms with E-state index in [1.807, 2.05) is 32.0 Å². The zero-order valence-electron chi connectivity index (χ0n) is 12.7. The Labute approximate surface area is 128 Å². The lowest BCUT2D eigenvalue weighted by atomic mass is 10.1. The Bertz CT molecular complexity index is 640. The topological polar surface area (TPSA) is 84.2 Å². The van der Waals surface area contributed by atoms with Crippen molar-refractivity contribution in [3.05, 3.63) is 30.2 Å². The molecule has 0 spiro atoms. The summed E-state index contributed by atoms with van der Waals surface area (Å²) in [5.41, 5.74) is 0.661. The Balaban J connectivity index is 1.67. The van der Waals surface area contributed by atoms with Gasteiger partial charge in [0, 0.05) is 31.2 Å². The van der Waals surface area contributed by atoms with Gasteiger partial charge in [0.15, 0.2) is 5.82 Å². The summed E-state index contributed by atoms with van der Waals surface area (Å²) < 4.78 is 5.28. The van der Waals surface area contributed by atoms with Crippen LogP contribution in [0.4, 0.5) is 4.79 Å². The number of aromatic nitrogens is 3. The highest BCUT2D eigenvalue weighted by Crippen LogP contribution is 2.26. The molecule has 3 rings (SSSR count). The minimum absolute atomic E-state index is 0.0362. The predicted molar refractivity (Wildman–Crippen MR) is 80.1 cm³/mol. The van der Waals surface area contributed by atoms with Crippen molar-refractivity contribution >= 4 is 6.03 Å². The van der Waals surface area contributed by atoms with Crippen LogP contribution in [0.1, 0.15) is 32.0 Å². The number of amides is 2. The summed E-state index contributed by atoms with van der Waals surface area (Å²) in [6.45, 7) is 5.21. The maximum atomic E-state index is 12.0. The van der Waals surface area contributed by atoms with Crippen molar-refractivity contribution < 1.29 is 9.32 Å². The largest absolute Gasteiger partial charge is 0.336 e. The van der Waals surface area contributed by atoms with Gasteiger partial charge in [-0.05, 0) is 32.4 Å². The summed E-state index contributed by atoms with van der Waals surface area (Å²) in [5.74, 6) is 1.17. The molecular weight excluding hydrogens is 282 g/mol. The molecule has 1 atom stereocenters. The van der Waals surface area contributed by atoms with E-state index < -0.39 is 0 Å². The minimum atomic E-state index is -0.0362. The molecule has 1 N–H and O–H groups in total. The lowest BCUT2D eigenvalue weighted by Gasteiger charge is -2.18. The highest BCUT2D eigenvalue weighted by Gasteiger charge is 2.30. The first kappa shape index (κ1) is 14.5. The molecule has 1 fully saturated rings. The number of rotatable bonds is 3. The van der Waals surface area contributed by atoms with Crippen LogP contribution in [0.5, 0.6) is 0 Å². The third-order valence-corrected chi connectivity index (χ3v) is 3.58. The standard InChI is InChI=1S/C15H19N5O2/c1-10(2)17-15(21)20-8-6-11(9-20)13-18-14(22-19-13)12-5-3-4-7-16-12/h3-5,7,10-11H,6,8-9H2,1-2H3,(H,17,21). The molecule has 1 saturated heterocycles. The van der Waals surface area contributed by atoms with Crippen molar-refractivity contribution in [3.8, 4) is 11.6 Å². The number of carbonyl (C=O) groups is 1. The smallest absolute Gasteiger partial charge is 0.317 e. The van der Waals surface area contributed by atoms with Gasteiger partial charge in [0.1, 0.15) is 5.69 Å². The van der Waals surface area contributed by atoms with Gasteiger partial charge in [0.25, 0.3) is 5.89 Å². The average Bonchev–Trinajstić information content (AvgIpc) is 3.17. The van der Waals surface area contributed by atoms with Crippen molar-refractivity contribution in [2.75, 3.05) is 13.1 Å². The van der Waals surface area contributed by atoms with Gasteiger partial charge in [-0.15, -0.1) is 0 Å². The van der Waals surface area contributed by atoms with Gasteiger partial charge in [-0.1, -0.05) is 11.2 Å². The van der Waals surface area contributed by atoms with Crippen LogP contribution in [0.2, 0.25) is 0 Å². The molecule has 0 aromatic carbocycles. The molecular formula is C15H19N5O2. The molecule has 116 valence electrons. The van der Waals surface area contributed by atoms with Crippen LogP contribution in [0.25, 0.3) is 11.6 Å². The summed E-state index contributed by atoms with van der Waals surface area (Å²) in [4.78, 5) is 22.4.